The van der Waals surface area contributed by atoms with Crippen LogP contribution in [0.15, 0.2) is 35.3 Å². The van der Waals surface area contributed by atoms with Crippen molar-refractivity contribution < 1.29 is 0 Å². The minimum absolute atomic E-state index is 0.489. The predicted octanol–water partition coefficient (Wildman–Crippen LogP) is 1.42. The summed E-state index contributed by atoms with van der Waals surface area (Å²) in [5.41, 5.74) is 1.35. The van der Waals surface area contributed by atoms with Gasteiger partial charge in [-0.1, -0.05) is 30.3 Å². The van der Waals surface area contributed by atoms with E-state index in [9.17, 15) is 0 Å². The van der Waals surface area contributed by atoms with Crippen molar-refractivity contribution >= 4 is 5.96 Å². The number of hydrogen-bond donors (Lipinski definition) is 2. The number of likely N-dealkylation sites (N-methyl/N-ethyl adjacent to an activating group) is 1. The molecule has 1 aromatic rings. The lowest BCUT2D eigenvalue weighted by Gasteiger charge is -2.35. The van der Waals surface area contributed by atoms with Gasteiger partial charge in [0.2, 0.25) is 0 Å². The zero-order valence-electron chi connectivity index (χ0n) is 15.5. The molecule has 0 aliphatic carbocycles. The van der Waals surface area contributed by atoms with Crippen LogP contribution in [0.5, 0.6) is 0 Å². The molecule has 0 amide bonds. The van der Waals surface area contributed by atoms with E-state index in [0.717, 1.165) is 58.2 Å². The summed E-state index contributed by atoms with van der Waals surface area (Å²) in [7, 11) is 2.19. The van der Waals surface area contributed by atoms with Crippen LogP contribution in [0.3, 0.4) is 0 Å². The van der Waals surface area contributed by atoms with E-state index in [1.165, 1.54) is 5.56 Å². The smallest absolute Gasteiger partial charge is 0.191 e. The molecule has 1 fully saturated rings. The van der Waals surface area contributed by atoms with Gasteiger partial charge in [-0.05, 0) is 32.9 Å². The molecule has 1 aliphatic heterocycles. The summed E-state index contributed by atoms with van der Waals surface area (Å²) in [5.74, 6) is 0.925. The van der Waals surface area contributed by atoms with Gasteiger partial charge in [-0.2, -0.15) is 0 Å². The van der Waals surface area contributed by atoms with Crippen LogP contribution in [0.25, 0.3) is 0 Å². The highest BCUT2D eigenvalue weighted by atomic mass is 15.3. The van der Waals surface area contributed by atoms with Crippen LogP contribution in [0.1, 0.15) is 19.4 Å². The maximum Gasteiger partial charge on any atom is 0.191 e. The van der Waals surface area contributed by atoms with Gasteiger partial charge in [0, 0.05) is 45.3 Å². The van der Waals surface area contributed by atoms with Crippen LogP contribution in [-0.4, -0.2) is 74.7 Å². The van der Waals surface area contributed by atoms with E-state index in [4.69, 9.17) is 4.99 Å². The van der Waals surface area contributed by atoms with Crippen LogP contribution in [0.2, 0.25) is 0 Å². The molecule has 134 valence electrons. The zero-order valence-corrected chi connectivity index (χ0v) is 15.5. The third kappa shape index (κ3) is 6.49. The van der Waals surface area contributed by atoms with E-state index in [1.54, 1.807) is 0 Å². The standard InChI is InChI=1S/C19H33N5/c1-4-20-19(21-11-10-18-8-6-5-7-9-18)22-16-17(2)24-14-12-23(3)13-15-24/h5-9,17H,4,10-16H2,1-3H3,(H2,20,21,22)/t17-/m1/s1. The summed E-state index contributed by atoms with van der Waals surface area (Å²) in [4.78, 5) is 9.71. The van der Waals surface area contributed by atoms with Crippen LogP contribution in [0, 0.1) is 0 Å². The van der Waals surface area contributed by atoms with Crippen LogP contribution >= 0.6 is 0 Å². The lowest BCUT2D eigenvalue weighted by Crippen LogP contribution is -2.49. The first kappa shape index (κ1) is 18.7. The van der Waals surface area contributed by atoms with Gasteiger partial charge in [-0.25, -0.2) is 0 Å². The summed E-state index contributed by atoms with van der Waals surface area (Å²) in [5, 5.41) is 6.79. The van der Waals surface area contributed by atoms with Crippen LogP contribution in [0.4, 0.5) is 0 Å². The number of nitrogens with one attached hydrogen (secondary N) is 2. The fraction of sp³-hybridized carbons (Fsp3) is 0.632. The van der Waals surface area contributed by atoms with Crippen LogP contribution in [-0.2, 0) is 6.42 Å². The molecule has 0 unspecified atom stereocenters. The van der Waals surface area contributed by atoms with Gasteiger partial charge >= 0.3 is 0 Å². The first-order valence-corrected chi connectivity index (χ1v) is 9.17. The van der Waals surface area contributed by atoms with Gasteiger partial charge in [-0.15, -0.1) is 0 Å². The highest BCUT2D eigenvalue weighted by Gasteiger charge is 2.18. The molecular weight excluding hydrogens is 298 g/mol. The summed E-state index contributed by atoms with van der Waals surface area (Å²) in [6.45, 7) is 11.6. The molecule has 24 heavy (non-hydrogen) atoms. The first-order chi connectivity index (χ1) is 11.7. The quantitative estimate of drug-likeness (QED) is 0.586. The average molecular weight is 332 g/mol. The van der Waals surface area contributed by atoms with Gasteiger partial charge in [0.1, 0.15) is 0 Å². The molecule has 0 radical (unpaired) electrons. The molecule has 0 saturated carbocycles. The SMILES string of the molecule is CCNC(=NC[C@@H](C)N1CCN(C)CC1)NCCc1ccccc1. The lowest BCUT2D eigenvalue weighted by atomic mass is 10.1. The number of aliphatic imine (C=N–C) groups is 1. The normalized spacial score (nSPS) is 18.4. The Labute approximate surface area is 147 Å². The fourth-order valence-corrected chi connectivity index (χ4v) is 2.91. The summed E-state index contributed by atoms with van der Waals surface area (Å²) in [6, 6.07) is 11.1. The first-order valence-electron chi connectivity index (χ1n) is 9.17. The second-order valence-electron chi connectivity index (χ2n) is 6.57. The zero-order chi connectivity index (χ0) is 17.2. The maximum absolute atomic E-state index is 4.78. The van der Waals surface area contributed by atoms with Crippen molar-refractivity contribution in [2.75, 3.05) is 52.9 Å². The second-order valence-corrected chi connectivity index (χ2v) is 6.57. The number of guanidine groups is 1. The monoisotopic (exact) mass is 331 g/mol. The van der Waals surface area contributed by atoms with Gasteiger partial charge in [0.05, 0.1) is 6.54 Å². The summed E-state index contributed by atoms with van der Waals surface area (Å²) < 4.78 is 0. The molecule has 1 saturated heterocycles. The van der Waals surface area contributed by atoms with Crippen molar-refractivity contribution in [3.05, 3.63) is 35.9 Å². The summed E-state index contributed by atoms with van der Waals surface area (Å²) in [6.07, 6.45) is 1.01. The Morgan fingerprint density at radius 2 is 1.83 bits per heavy atom. The second kappa shape index (κ2) is 10.3. The van der Waals surface area contributed by atoms with E-state index >= 15 is 0 Å². The third-order valence-electron chi connectivity index (χ3n) is 4.57. The number of rotatable bonds is 7. The van der Waals surface area contributed by atoms with E-state index in [0.29, 0.717) is 6.04 Å². The molecule has 0 aromatic heterocycles. The Hall–Kier alpha value is -1.59. The van der Waals surface area contributed by atoms with Crippen molar-refractivity contribution in [2.24, 2.45) is 4.99 Å². The highest BCUT2D eigenvalue weighted by molar-refractivity contribution is 5.79. The fourth-order valence-electron chi connectivity index (χ4n) is 2.91. The number of piperazine rings is 1. The average Bonchev–Trinajstić information content (AvgIpc) is 2.61. The topological polar surface area (TPSA) is 42.9 Å². The van der Waals surface area contributed by atoms with Gasteiger partial charge in [0.15, 0.2) is 5.96 Å². The van der Waals surface area contributed by atoms with E-state index in [2.05, 4.69) is 71.7 Å². The highest BCUT2D eigenvalue weighted by Crippen LogP contribution is 2.05. The Morgan fingerprint density at radius 1 is 1.12 bits per heavy atom. The van der Waals surface area contributed by atoms with E-state index < -0.39 is 0 Å². The van der Waals surface area contributed by atoms with Crippen molar-refractivity contribution in [1.82, 2.24) is 20.4 Å². The van der Waals surface area contributed by atoms with Gasteiger partial charge in [-0.3, -0.25) is 9.89 Å². The van der Waals surface area contributed by atoms with Gasteiger partial charge in [0.25, 0.3) is 0 Å². The molecule has 2 N–H and O–H groups in total. The molecule has 2 rings (SSSR count). The summed E-state index contributed by atoms with van der Waals surface area (Å²) >= 11 is 0. The third-order valence-corrected chi connectivity index (χ3v) is 4.57. The van der Waals surface area contributed by atoms with Crippen molar-refractivity contribution in [3.63, 3.8) is 0 Å². The molecular formula is C19H33N5. The Bertz CT molecular complexity index is 480. The molecule has 1 heterocycles. The van der Waals surface area contributed by atoms with Gasteiger partial charge < -0.3 is 15.5 Å². The van der Waals surface area contributed by atoms with Crippen molar-refractivity contribution in [2.45, 2.75) is 26.3 Å². The lowest BCUT2D eigenvalue weighted by molar-refractivity contribution is 0.122. The molecule has 0 bridgehead atoms. The number of nitrogens with zero attached hydrogens (tertiary/aromatic N) is 3. The molecule has 5 nitrogen and oxygen atoms in total. The maximum atomic E-state index is 4.78. The molecule has 1 aliphatic rings. The Balaban J connectivity index is 1.77. The van der Waals surface area contributed by atoms with E-state index in [1.807, 2.05) is 0 Å². The van der Waals surface area contributed by atoms with Crippen molar-refractivity contribution in [1.29, 1.82) is 0 Å². The minimum atomic E-state index is 0.489. The number of benzene rings is 1. The molecule has 1 aromatic carbocycles. The Kier molecular flexibility index (Phi) is 8.05. The van der Waals surface area contributed by atoms with E-state index in [-0.39, 0.29) is 0 Å². The van der Waals surface area contributed by atoms with Crippen LogP contribution < -0.4 is 10.6 Å². The van der Waals surface area contributed by atoms with Crippen molar-refractivity contribution in [3.8, 4) is 0 Å². The minimum Gasteiger partial charge on any atom is -0.357 e. The molecule has 1 atom stereocenters. The number of hydrogen-bond acceptors (Lipinski definition) is 3. The molecule has 5 heteroatoms. The largest absolute Gasteiger partial charge is 0.357 e. The predicted molar refractivity (Wildman–Crippen MR) is 103 cm³/mol. The molecule has 0 spiro atoms. The Morgan fingerprint density at radius 3 is 2.50 bits per heavy atom.